The summed E-state index contributed by atoms with van der Waals surface area (Å²) in [5.41, 5.74) is 5.03. The van der Waals surface area contributed by atoms with Gasteiger partial charge in [-0.2, -0.15) is 0 Å². The van der Waals surface area contributed by atoms with Gasteiger partial charge < -0.3 is 19.9 Å². The standard InChI is InChI=1S/C10H15NO6/c1-7(17-10(14)5-11)6-16-9(13)4-3-8(12)15-2/h3-4,7H,5-6,11H2,1-2H3/b4-3+. The summed E-state index contributed by atoms with van der Waals surface area (Å²) in [6, 6.07) is 0. The van der Waals surface area contributed by atoms with E-state index in [9.17, 15) is 14.4 Å². The summed E-state index contributed by atoms with van der Waals surface area (Å²) in [5, 5.41) is 0. The zero-order valence-electron chi connectivity index (χ0n) is 9.67. The topological polar surface area (TPSA) is 105 Å². The fourth-order valence-electron chi connectivity index (χ4n) is 0.758. The number of esters is 3. The molecule has 96 valence electrons. The highest BCUT2D eigenvalue weighted by Gasteiger charge is 2.09. The molecular weight excluding hydrogens is 230 g/mol. The van der Waals surface area contributed by atoms with Gasteiger partial charge in [-0.1, -0.05) is 0 Å². The molecule has 0 spiro atoms. The van der Waals surface area contributed by atoms with Gasteiger partial charge in [0.05, 0.1) is 13.7 Å². The lowest BCUT2D eigenvalue weighted by Crippen LogP contribution is -2.26. The molecule has 0 aromatic rings. The molecule has 0 amide bonds. The molecule has 1 atom stereocenters. The molecule has 1 unspecified atom stereocenters. The average molecular weight is 245 g/mol. The normalized spacial score (nSPS) is 11.9. The van der Waals surface area contributed by atoms with Crippen molar-refractivity contribution in [3.63, 3.8) is 0 Å². The highest BCUT2D eigenvalue weighted by molar-refractivity contribution is 5.91. The second kappa shape index (κ2) is 8.28. The minimum atomic E-state index is -0.731. The number of carbonyl (C=O) groups is 3. The Labute approximate surface area is 98.5 Å². The van der Waals surface area contributed by atoms with Gasteiger partial charge in [0.25, 0.3) is 0 Å². The van der Waals surface area contributed by atoms with Crippen molar-refractivity contribution in [2.75, 3.05) is 20.3 Å². The molecule has 0 aromatic heterocycles. The predicted octanol–water partition coefficient (Wildman–Crippen LogP) is -0.851. The van der Waals surface area contributed by atoms with Crippen molar-refractivity contribution in [3.8, 4) is 0 Å². The van der Waals surface area contributed by atoms with Crippen molar-refractivity contribution in [2.45, 2.75) is 13.0 Å². The lowest BCUT2D eigenvalue weighted by atomic mass is 10.4. The smallest absolute Gasteiger partial charge is 0.331 e. The molecule has 0 aliphatic rings. The molecule has 0 bridgehead atoms. The summed E-state index contributed by atoms with van der Waals surface area (Å²) in [6.07, 6.45) is 1.25. The third-order valence-electron chi connectivity index (χ3n) is 1.52. The van der Waals surface area contributed by atoms with E-state index in [-0.39, 0.29) is 13.2 Å². The van der Waals surface area contributed by atoms with Crippen LogP contribution in [0.4, 0.5) is 0 Å². The molecule has 0 heterocycles. The van der Waals surface area contributed by atoms with E-state index in [1.54, 1.807) is 6.92 Å². The van der Waals surface area contributed by atoms with Crippen molar-refractivity contribution < 1.29 is 28.6 Å². The molecule has 0 saturated carbocycles. The number of ether oxygens (including phenoxy) is 3. The third-order valence-corrected chi connectivity index (χ3v) is 1.52. The van der Waals surface area contributed by atoms with Crippen molar-refractivity contribution in [1.29, 1.82) is 0 Å². The van der Waals surface area contributed by atoms with Gasteiger partial charge in [0.15, 0.2) is 0 Å². The van der Waals surface area contributed by atoms with Crippen molar-refractivity contribution in [3.05, 3.63) is 12.2 Å². The maximum atomic E-state index is 11.0. The van der Waals surface area contributed by atoms with Crippen LogP contribution in [-0.2, 0) is 28.6 Å². The summed E-state index contributed by atoms with van der Waals surface area (Å²) < 4.78 is 13.7. The van der Waals surface area contributed by atoms with Gasteiger partial charge >= 0.3 is 17.9 Å². The van der Waals surface area contributed by atoms with Gasteiger partial charge in [-0.25, -0.2) is 9.59 Å². The zero-order chi connectivity index (χ0) is 13.3. The lowest BCUT2D eigenvalue weighted by molar-refractivity contribution is -0.154. The van der Waals surface area contributed by atoms with Gasteiger partial charge in [-0.05, 0) is 6.92 Å². The Morgan fingerprint density at radius 2 is 1.82 bits per heavy atom. The minimum Gasteiger partial charge on any atom is -0.466 e. The van der Waals surface area contributed by atoms with E-state index in [4.69, 9.17) is 15.2 Å². The van der Waals surface area contributed by atoms with Crippen molar-refractivity contribution in [2.24, 2.45) is 5.73 Å². The van der Waals surface area contributed by atoms with E-state index in [0.717, 1.165) is 12.2 Å². The first-order valence-corrected chi connectivity index (χ1v) is 4.82. The molecule has 7 heteroatoms. The molecule has 0 rings (SSSR count). The molecule has 7 nitrogen and oxygen atoms in total. The van der Waals surface area contributed by atoms with Gasteiger partial charge in [-0.15, -0.1) is 0 Å². The molecule has 17 heavy (non-hydrogen) atoms. The number of nitrogens with two attached hydrogens (primary N) is 1. The second-order valence-corrected chi connectivity index (χ2v) is 2.99. The van der Waals surface area contributed by atoms with Crippen LogP contribution < -0.4 is 5.73 Å². The Kier molecular flexibility index (Phi) is 7.36. The number of carbonyl (C=O) groups excluding carboxylic acids is 3. The number of rotatable bonds is 6. The zero-order valence-corrected chi connectivity index (χ0v) is 9.67. The monoisotopic (exact) mass is 245 g/mol. The SMILES string of the molecule is COC(=O)/C=C/C(=O)OCC(C)OC(=O)CN. The van der Waals surface area contributed by atoms with E-state index >= 15 is 0 Å². The van der Waals surface area contributed by atoms with Crippen LogP contribution in [0.2, 0.25) is 0 Å². The highest BCUT2D eigenvalue weighted by Crippen LogP contribution is 1.94. The Bertz CT molecular complexity index is 312. The van der Waals surface area contributed by atoms with E-state index in [1.165, 1.54) is 7.11 Å². The van der Waals surface area contributed by atoms with Crippen LogP contribution in [0.15, 0.2) is 12.2 Å². The largest absolute Gasteiger partial charge is 0.466 e. The first kappa shape index (κ1) is 15.1. The first-order chi connectivity index (χ1) is 7.99. The van der Waals surface area contributed by atoms with E-state index < -0.39 is 24.0 Å². The maximum absolute atomic E-state index is 11.0. The van der Waals surface area contributed by atoms with Crippen LogP contribution in [0.3, 0.4) is 0 Å². The molecular formula is C10H15NO6. The van der Waals surface area contributed by atoms with E-state index in [0.29, 0.717) is 0 Å². The Hall–Kier alpha value is -1.89. The maximum Gasteiger partial charge on any atom is 0.331 e. The average Bonchev–Trinajstić information content (AvgIpc) is 2.32. The fourth-order valence-corrected chi connectivity index (χ4v) is 0.758. The Morgan fingerprint density at radius 1 is 1.24 bits per heavy atom. The number of hydrogen-bond donors (Lipinski definition) is 1. The summed E-state index contributed by atoms with van der Waals surface area (Å²) in [7, 11) is 1.19. The van der Waals surface area contributed by atoms with Crippen LogP contribution in [0.25, 0.3) is 0 Å². The predicted molar refractivity (Wildman–Crippen MR) is 56.7 cm³/mol. The molecule has 0 fully saturated rings. The fraction of sp³-hybridized carbons (Fsp3) is 0.500. The highest BCUT2D eigenvalue weighted by atomic mass is 16.6. The van der Waals surface area contributed by atoms with Gasteiger partial charge in [0, 0.05) is 12.2 Å². The molecule has 0 aliphatic carbocycles. The van der Waals surface area contributed by atoms with Crippen LogP contribution in [-0.4, -0.2) is 44.3 Å². The van der Waals surface area contributed by atoms with Crippen molar-refractivity contribution in [1.82, 2.24) is 0 Å². The van der Waals surface area contributed by atoms with Crippen LogP contribution in [0.5, 0.6) is 0 Å². The minimum absolute atomic E-state index is 0.115. The van der Waals surface area contributed by atoms with Crippen LogP contribution >= 0.6 is 0 Å². The quantitative estimate of drug-likeness (QED) is 0.369. The summed E-state index contributed by atoms with van der Waals surface area (Å²) in [6.45, 7) is 1.20. The summed E-state index contributed by atoms with van der Waals surface area (Å²) in [4.78, 5) is 32.4. The van der Waals surface area contributed by atoms with E-state index in [2.05, 4.69) is 4.74 Å². The first-order valence-electron chi connectivity index (χ1n) is 4.82. The number of methoxy groups -OCH3 is 1. The lowest BCUT2D eigenvalue weighted by Gasteiger charge is -2.11. The van der Waals surface area contributed by atoms with Crippen LogP contribution in [0, 0.1) is 0 Å². The Balaban J connectivity index is 3.87. The molecule has 0 aliphatic heterocycles. The molecule has 2 N–H and O–H groups in total. The van der Waals surface area contributed by atoms with E-state index in [1.807, 2.05) is 0 Å². The van der Waals surface area contributed by atoms with Crippen LogP contribution in [0.1, 0.15) is 6.92 Å². The van der Waals surface area contributed by atoms with Gasteiger partial charge in [0.1, 0.15) is 12.7 Å². The van der Waals surface area contributed by atoms with Gasteiger partial charge in [0.2, 0.25) is 0 Å². The molecule has 0 saturated heterocycles. The second-order valence-electron chi connectivity index (χ2n) is 2.99. The molecule has 0 aromatic carbocycles. The summed E-state index contributed by atoms with van der Waals surface area (Å²) in [5.74, 6) is -1.98. The summed E-state index contributed by atoms with van der Waals surface area (Å²) >= 11 is 0. The third kappa shape index (κ3) is 7.97. The van der Waals surface area contributed by atoms with Crippen molar-refractivity contribution >= 4 is 17.9 Å². The number of hydrogen-bond acceptors (Lipinski definition) is 7. The Morgan fingerprint density at radius 3 is 2.35 bits per heavy atom. The van der Waals surface area contributed by atoms with Gasteiger partial charge in [-0.3, -0.25) is 4.79 Å². The molecule has 0 radical (unpaired) electrons.